The first-order valence-electron chi connectivity index (χ1n) is 6.68. The number of aliphatic hydroxyl groups excluding tert-OH is 1. The molecule has 20 heavy (non-hydrogen) atoms. The van der Waals surface area contributed by atoms with Crippen LogP contribution in [0.25, 0.3) is 0 Å². The van der Waals surface area contributed by atoms with E-state index in [1.807, 2.05) is 0 Å². The third-order valence-electron chi connectivity index (χ3n) is 3.58. The molecule has 1 aliphatic rings. The molecule has 0 saturated heterocycles. The van der Waals surface area contributed by atoms with Gasteiger partial charge in [0.05, 0.1) is 6.10 Å². The van der Waals surface area contributed by atoms with Gasteiger partial charge in [0.25, 0.3) is 0 Å². The molecule has 0 aliphatic heterocycles. The van der Waals surface area contributed by atoms with Crippen LogP contribution in [0.2, 0.25) is 0 Å². The minimum atomic E-state index is -2.83. The lowest BCUT2D eigenvalue weighted by molar-refractivity contribution is -0.0505. The van der Waals surface area contributed by atoms with Crippen LogP contribution in [0.5, 0.6) is 5.75 Å². The van der Waals surface area contributed by atoms with E-state index in [2.05, 4.69) is 26.0 Å². The quantitative estimate of drug-likeness (QED) is 0.827. The molecule has 0 bridgehead atoms. The number of aliphatic hydroxyl groups is 1. The van der Waals surface area contributed by atoms with E-state index in [4.69, 9.17) is 0 Å². The maximum Gasteiger partial charge on any atom is 0.387 e. The van der Waals surface area contributed by atoms with Crippen LogP contribution >= 0.6 is 15.9 Å². The van der Waals surface area contributed by atoms with Crippen molar-refractivity contribution < 1.29 is 18.6 Å². The summed E-state index contributed by atoms with van der Waals surface area (Å²) < 4.78 is 30.0. The molecule has 112 valence electrons. The van der Waals surface area contributed by atoms with Gasteiger partial charge in [0.1, 0.15) is 5.75 Å². The number of ether oxygens (including phenoxy) is 1. The second-order valence-electron chi connectivity index (χ2n) is 5.02. The van der Waals surface area contributed by atoms with Crippen LogP contribution in [-0.2, 0) is 6.54 Å². The summed E-state index contributed by atoms with van der Waals surface area (Å²) in [6.45, 7) is -1.71. The van der Waals surface area contributed by atoms with E-state index >= 15 is 0 Å². The molecule has 0 heterocycles. The molecular weight excluding hydrogens is 332 g/mol. The van der Waals surface area contributed by atoms with Crippen molar-refractivity contribution >= 4 is 15.9 Å². The fourth-order valence-electron chi connectivity index (χ4n) is 2.54. The fourth-order valence-corrected chi connectivity index (χ4v) is 2.95. The van der Waals surface area contributed by atoms with Crippen LogP contribution in [-0.4, -0.2) is 24.4 Å². The van der Waals surface area contributed by atoms with E-state index < -0.39 is 6.61 Å². The third kappa shape index (κ3) is 4.40. The molecule has 2 atom stereocenters. The van der Waals surface area contributed by atoms with Crippen LogP contribution in [0.3, 0.4) is 0 Å². The van der Waals surface area contributed by atoms with Crippen LogP contribution < -0.4 is 10.1 Å². The highest BCUT2D eigenvalue weighted by atomic mass is 79.9. The smallest absolute Gasteiger partial charge is 0.387 e. The van der Waals surface area contributed by atoms with E-state index in [0.717, 1.165) is 23.7 Å². The van der Waals surface area contributed by atoms with E-state index in [1.165, 1.54) is 6.07 Å². The van der Waals surface area contributed by atoms with Gasteiger partial charge < -0.3 is 15.2 Å². The molecule has 1 aromatic rings. The van der Waals surface area contributed by atoms with Crippen molar-refractivity contribution in [3.05, 3.63) is 28.2 Å². The lowest BCUT2D eigenvalue weighted by Gasteiger charge is -2.16. The normalized spacial score (nSPS) is 22.4. The van der Waals surface area contributed by atoms with E-state index in [0.29, 0.717) is 18.7 Å². The third-order valence-corrected chi connectivity index (χ3v) is 4.07. The van der Waals surface area contributed by atoms with Gasteiger partial charge in [0.2, 0.25) is 0 Å². The first kappa shape index (κ1) is 15.7. The van der Waals surface area contributed by atoms with Crippen molar-refractivity contribution in [1.82, 2.24) is 5.32 Å². The topological polar surface area (TPSA) is 41.5 Å². The monoisotopic (exact) mass is 349 g/mol. The van der Waals surface area contributed by atoms with E-state index in [9.17, 15) is 13.9 Å². The molecule has 2 N–H and O–H groups in total. The average Bonchev–Trinajstić information content (AvgIpc) is 2.78. The Kier molecular flexibility index (Phi) is 5.74. The standard InChI is InChI=1S/C14H18BrF2NO2/c15-11-4-5-13(20-14(16)17)10(6-11)8-18-7-9-2-1-3-12(9)19/h4-6,9,12,14,18-19H,1-3,7-8H2. The molecule has 0 radical (unpaired) electrons. The first-order valence-corrected chi connectivity index (χ1v) is 7.47. The van der Waals surface area contributed by atoms with Crippen LogP contribution in [0.1, 0.15) is 24.8 Å². The van der Waals surface area contributed by atoms with Crippen molar-refractivity contribution in [2.24, 2.45) is 5.92 Å². The van der Waals surface area contributed by atoms with Crippen molar-refractivity contribution in [3.8, 4) is 5.75 Å². The summed E-state index contributed by atoms with van der Waals surface area (Å²) in [6.07, 6.45) is 2.65. The van der Waals surface area contributed by atoms with Crippen molar-refractivity contribution in [3.63, 3.8) is 0 Å². The molecule has 1 aromatic carbocycles. The van der Waals surface area contributed by atoms with Gasteiger partial charge in [-0.05, 0) is 37.0 Å². The number of halogens is 3. The molecule has 1 aliphatic carbocycles. The summed E-state index contributed by atoms with van der Waals surface area (Å²) in [5.41, 5.74) is 0.673. The van der Waals surface area contributed by atoms with Gasteiger partial charge in [-0.3, -0.25) is 0 Å². The van der Waals surface area contributed by atoms with Crippen molar-refractivity contribution in [1.29, 1.82) is 0 Å². The van der Waals surface area contributed by atoms with Crippen molar-refractivity contribution in [2.75, 3.05) is 6.54 Å². The predicted octanol–water partition coefficient (Wildman–Crippen LogP) is 3.30. The molecule has 0 aromatic heterocycles. The number of nitrogens with one attached hydrogen (secondary N) is 1. The molecule has 1 fully saturated rings. The summed E-state index contributed by atoms with van der Waals surface area (Å²) >= 11 is 3.32. The summed E-state index contributed by atoms with van der Waals surface area (Å²) in [4.78, 5) is 0. The Balaban J connectivity index is 1.92. The highest BCUT2D eigenvalue weighted by Gasteiger charge is 2.24. The van der Waals surface area contributed by atoms with Gasteiger partial charge in [0, 0.05) is 23.1 Å². The van der Waals surface area contributed by atoms with Gasteiger partial charge in [0.15, 0.2) is 0 Å². The van der Waals surface area contributed by atoms with Gasteiger partial charge in [-0.15, -0.1) is 0 Å². The zero-order chi connectivity index (χ0) is 14.5. The summed E-state index contributed by atoms with van der Waals surface area (Å²) in [5, 5.41) is 12.9. The maximum absolute atomic E-state index is 12.3. The fraction of sp³-hybridized carbons (Fsp3) is 0.571. The Labute approximate surface area is 125 Å². The second kappa shape index (κ2) is 7.33. The Morgan fingerprint density at radius 1 is 1.40 bits per heavy atom. The zero-order valence-corrected chi connectivity index (χ0v) is 12.6. The molecule has 3 nitrogen and oxygen atoms in total. The van der Waals surface area contributed by atoms with Gasteiger partial charge in [-0.1, -0.05) is 22.4 Å². The highest BCUT2D eigenvalue weighted by Crippen LogP contribution is 2.26. The largest absolute Gasteiger partial charge is 0.434 e. The molecule has 2 rings (SSSR count). The van der Waals surface area contributed by atoms with Crippen LogP contribution in [0.15, 0.2) is 22.7 Å². The summed E-state index contributed by atoms with van der Waals surface area (Å²) in [6, 6.07) is 4.95. The number of hydrogen-bond donors (Lipinski definition) is 2. The first-order chi connectivity index (χ1) is 9.56. The van der Waals surface area contributed by atoms with Crippen molar-refractivity contribution in [2.45, 2.75) is 38.5 Å². The molecular formula is C14H18BrF2NO2. The van der Waals surface area contributed by atoms with E-state index in [-0.39, 0.29) is 17.8 Å². The van der Waals surface area contributed by atoms with Gasteiger partial charge >= 0.3 is 6.61 Å². The Bertz CT molecular complexity index is 445. The Morgan fingerprint density at radius 2 is 2.20 bits per heavy atom. The van der Waals surface area contributed by atoms with Crippen LogP contribution in [0.4, 0.5) is 8.78 Å². The molecule has 1 saturated carbocycles. The van der Waals surface area contributed by atoms with Gasteiger partial charge in [-0.25, -0.2) is 0 Å². The summed E-state index contributed by atoms with van der Waals surface area (Å²) in [7, 11) is 0. The number of hydrogen-bond acceptors (Lipinski definition) is 3. The highest BCUT2D eigenvalue weighted by molar-refractivity contribution is 9.10. The summed E-state index contributed by atoms with van der Waals surface area (Å²) in [5.74, 6) is 0.435. The Hall–Kier alpha value is -0.720. The predicted molar refractivity (Wildman–Crippen MR) is 75.8 cm³/mol. The average molecular weight is 350 g/mol. The molecule has 0 spiro atoms. The second-order valence-corrected chi connectivity index (χ2v) is 5.94. The van der Waals surface area contributed by atoms with E-state index in [1.54, 1.807) is 12.1 Å². The zero-order valence-electron chi connectivity index (χ0n) is 11.0. The minimum absolute atomic E-state index is 0.183. The number of alkyl halides is 2. The number of benzene rings is 1. The molecule has 6 heteroatoms. The lowest BCUT2D eigenvalue weighted by atomic mass is 10.1. The number of rotatable bonds is 6. The van der Waals surface area contributed by atoms with Gasteiger partial charge in [-0.2, -0.15) is 8.78 Å². The minimum Gasteiger partial charge on any atom is -0.434 e. The van der Waals surface area contributed by atoms with Crippen LogP contribution in [0, 0.1) is 5.92 Å². The lowest BCUT2D eigenvalue weighted by Crippen LogP contribution is -2.27. The Morgan fingerprint density at radius 3 is 2.85 bits per heavy atom. The molecule has 0 amide bonds. The SMILES string of the molecule is OC1CCCC1CNCc1cc(Br)ccc1OC(F)F. The molecule has 2 unspecified atom stereocenters. The maximum atomic E-state index is 12.3.